The lowest BCUT2D eigenvalue weighted by Gasteiger charge is -1.95. The van der Waals surface area contributed by atoms with Gasteiger partial charge in [0.05, 0.1) is 4.88 Å². The quantitative estimate of drug-likeness (QED) is 0.337. The van der Waals surface area contributed by atoms with Crippen molar-refractivity contribution >= 4 is 73.2 Å². The number of hydrogen-bond donors (Lipinski definition) is 2. The van der Waals surface area contributed by atoms with Crippen molar-refractivity contribution in [2.75, 3.05) is 0 Å². The monoisotopic (exact) mass is 370 g/mol. The van der Waals surface area contributed by atoms with E-state index in [-0.39, 0.29) is 18.2 Å². The molecular formula is C19H15ClN2S2. The van der Waals surface area contributed by atoms with Gasteiger partial charge >= 0.3 is 0 Å². The van der Waals surface area contributed by atoms with Gasteiger partial charge in [-0.3, -0.25) is 5.41 Å². The lowest BCUT2D eigenvalue weighted by atomic mass is 10.1. The van der Waals surface area contributed by atoms with E-state index in [1.54, 1.807) is 22.7 Å². The highest BCUT2D eigenvalue weighted by Gasteiger charge is 2.06. The van der Waals surface area contributed by atoms with Gasteiger partial charge in [0.1, 0.15) is 5.84 Å². The zero-order chi connectivity index (χ0) is 15.8. The minimum absolute atomic E-state index is 0. The summed E-state index contributed by atoms with van der Waals surface area (Å²) in [6, 6.07) is 18.9. The molecular weight excluding hydrogens is 356 g/mol. The van der Waals surface area contributed by atoms with Crippen LogP contribution in [0.3, 0.4) is 0 Å². The Morgan fingerprint density at radius 3 is 2.50 bits per heavy atom. The molecule has 0 aliphatic heterocycles. The molecule has 0 spiro atoms. The molecule has 0 radical (unpaired) electrons. The van der Waals surface area contributed by atoms with Gasteiger partial charge in [0.2, 0.25) is 0 Å². The first kappa shape index (κ1) is 16.7. The van der Waals surface area contributed by atoms with E-state index < -0.39 is 0 Å². The highest BCUT2D eigenvalue weighted by molar-refractivity contribution is 7.21. The van der Waals surface area contributed by atoms with Gasteiger partial charge < -0.3 is 5.73 Å². The molecule has 2 nitrogen and oxygen atoms in total. The first-order chi connectivity index (χ1) is 11.2. The maximum Gasteiger partial charge on any atom is 0.133 e. The summed E-state index contributed by atoms with van der Waals surface area (Å²) in [5.41, 5.74) is 6.77. The topological polar surface area (TPSA) is 49.9 Å². The zero-order valence-electron chi connectivity index (χ0n) is 12.7. The fourth-order valence-electron chi connectivity index (χ4n) is 2.62. The number of hydrogen-bond acceptors (Lipinski definition) is 3. The van der Waals surface area contributed by atoms with E-state index in [9.17, 15) is 0 Å². The molecule has 3 N–H and O–H groups in total. The molecule has 2 aromatic carbocycles. The number of thiophene rings is 2. The molecule has 4 rings (SSSR count). The van der Waals surface area contributed by atoms with Crippen molar-refractivity contribution in [2.24, 2.45) is 5.73 Å². The molecule has 24 heavy (non-hydrogen) atoms. The van der Waals surface area contributed by atoms with Crippen LogP contribution in [0.15, 0.2) is 54.6 Å². The third-order valence-electron chi connectivity index (χ3n) is 3.73. The summed E-state index contributed by atoms with van der Waals surface area (Å²) in [6.45, 7) is 0. The predicted molar refractivity (Wildman–Crippen MR) is 111 cm³/mol. The van der Waals surface area contributed by atoms with Crippen molar-refractivity contribution in [2.45, 2.75) is 0 Å². The van der Waals surface area contributed by atoms with E-state index in [4.69, 9.17) is 11.1 Å². The molecule has 0 unspecified atom stereocenters. The molecule has 120 valence electrons. The van der Waals surface area contributed by atoms with Gasteiger partial charge in [-0.15, -0.1) is 35.1 Å². The van der Waals surface area contributed by atoms with Crippen molar-refractivity contribution in [1.82, 2.24) is 0 Å². The normalized spacial score (nSPS) is 11.2. The fourth-order valence-corrected chi connectivity index (χ4v) is 4.54. The van der Waals surface area contributed by atoms with Crippen molar-refractivity contribution in [3.63, 3.8) is 0 Å². The van der Waals surface area contributed by atoms with Gasteiger partial charge in [0, 0.05) is 19.7 Å². The van der Waals surface area contributed by atoms with Gasteiger partial charge in [-0.1, -0.05) is 36.4 Å². The highest BCUT2D eigenvalue weighted by Crippen LogP contribution is 2.31. The maximum atomic E-state index is 7.61. The summed E-state index contributed by atoms with van der Waals surface area (Å²) < 4.78 is 2.47. The van der Waals surface area contributed by atoms with Gasteiger partial charge in [-0.05, 0) is 41.3 Å². The van der Waals surface area contributed by atoms with Crippen LogP contribution >= 0.6 is 35.1 Å². The van der Waals surface area contributed by atoms with Crippen LogP contribution in [0.4, 0.5) is 0 Å². The Kier molecular flexibility index (Phi) is 4.71. The molecule has 0 atom stereocenters. The van der Waals surface area contributed by atoms with E-state index in [0.717, 1.165) is 20.5 Å². The van der Waals surface area contributed by atoms with E-state index in [1.165, 1.54) is 15.0 Å². The summed E-state index contributed by atoms with van der Waals surface area (Å²) in [4.78, 5) is 2.06. The Morgan fingerprint density at radius 1 is 0.917 bits per heavy atom. The number of nitrogens with two attached hydrogens (primary N) is 1. The second-order valence-electron chi connectivity index (χ2n) is 5.30. The number of halogens is 1. The summed E-state index contributed by atoms with van der Waals surface area (Å²) in [5.74, 6) is 0.130. The van der Waals surface area contributed by atoms with Gasteiger partial charge in [-0.2, -0.15) is 0 Å². The van der Waals surface area contributed by atoms with Gasteiger partial charge in [0.25, 0.3) is 0 Å². The largest absolute Gasteiger partial charge is 0.383 e. The van der Waals surface area contributed by atoms with Crippen molar-refractivity contribution in [1.29, 1.82) is 5.41 Å². The van der Waals surface area contributed by atoms with Gasteiger partial charge in [0.15, 0.2) is 0 Å². The van der Waals surface area contributed by atoms with Crippen LogP contribution in [0.2, 0.25) is 0 Å². The Bertz CT molecular complexity index is 1030. The van der Waals surface area contributed by atoms with Crippen molar-refractivity contribution < 1.29 is 0 Å². The van der Waals surface area contributed by atoms with Crippen LogP contribution in [-0.2, 0) is 0 Å². The van der Waals surface area contributed by atoms with Gasteiger partial charge in [-0.25, -0.2) is 0 Å². The third kappa shape index (κ3) is 3.08. The number of nitrogen functional groups attached to an aromatic ring is 1. The smallest absolute Gasteiger partial charge is 0.133 e. The number of amidine groups is 1. The maximum absolute atomic E-state index is 7.61. The zero-order valence-corrected chi connectivity index (χ0v) is 15.1. The van der Waals surface area contributed by atoms with Crippen molar-refractivity contribution in [3.8, 4) is 0 Å². The van der Waals surface area contributed by atoms with E-state index in [1.807, 2.05) is 12.1 Å². The van der Waals surface area contributed by atoms with E-state index >= 15 is 0 Å². The summed E-state index contributed by atoms with van der Waals surface area (Å²) >= 11 is 3.36. The molecule has 0 bridgehead atoms. The molecule has 2 aromatic heterocycles. The molecule has 2 heterocycles. The third-order valence-corrected chi connectivity index (χ3v) is 5.95. The lowest BCUT2D eigenvalue weighted by molar-refractivity contribution is 1.46. The molecule has 0 aliphatic rings. The lowest BCUT2D eigenvalue weighted by Crippen LogP contribution is -2.08. The average molecular weight is 371 g/mol. The number of fused-ring (bicyclic) bond motifs is 2. The van der Waals surface area contributed by atoms with Crippen LogP contribution in [0, 0.1) is 5.41 Å². The molecule has 5 heteroatoms. The molecule has 0 saturated heterocycles. The molecule has 0 amide bonds. The number of nitrogens with one attached hydrogen (secondary N) is 1. The van der Waals surface area contributed by atoms with Crippen molar-refractivity contribution in [3.05, 3.63) is 69.9 Å². The number of rotatable bonds is 3. The van der Waals surface area contributed by atoms with Crippen LogP contribution in [0.25, 0.3) is 32.3 Å². The minimum Gasteiger partial charge on any atom is -0.383 e. The Morgan fingerprint density at radius 2 is 1.71 bits per heavy atom. The molecule has 0 fully saturated rings. The first-order valence-corrected chi connectivity index (χ1v) is 8.87. The molecule has 4 aromatic rings. The second kappa shape index (κ2) is 6.77. The molecule has 0 aliphatic carbocycles. The minimum atomic E-state index is 0. The SMILES string of the molecule is Cl.N=C(N)c1cc2c(C=Cc3cc4ccccc4s3)cccc2s1. The van der Waals surface area contributed by atoms with Crippen LogP contribution in [0.5, 0.6) is 0 Å². The standard InChI is InChI=1S/C19H14N2S2.ClH/c20-19(21)18-11-15-12(5-3-7-17(15)23-18)8-9-14-10-13-4-1-2-6-16(13)22-14;/h1-11H,(H3,20,21);1H. The Labute approximate surface area is 154 Å². The summed E-state index contributed by atoms with van der Waals surface area (Å²) in [5, 5.41) is 10.0. The van der Waals surface area contributed by atoms with E-state index in [2.05, 4.69) is 54.6 Å². The summed E-state index contributed by atoms with van der Waals surface area (Å²) in [7, 11) is 0. The first-order valence-electron chi connectivity index (χ1n) is 7.24. The summed E-state index contributed by atoms with van der Waals surface area (Å²) in [6.07, 6.45) is 4.30. The Balaban J connectivity index is 0.00000169. The Hall–Kier alpha value is -2.14. The van der Waals surface area contributed by atoms with E-state index in [0.29, 0.717) is 0 Å². The van der Waals surface area contributed by atoms with Crippen LogP contribution in [-0.4, -0.2) is 5.84 Å². The van der Waals surface area contributed by atoms with Crippen LogP contribution < -0.4 is 5.73 Å². The molecule has 0 saturated carbocycles. The van der Waals surface area contributed by atoms with Crippen LogP contribution in [0.1, 0.15) is 15.3 Å². The predicted octanol–water partition coefficient (Wildman–Crippen LogP) is 5.99. The second-order valence-corrected chi connectivity index (χ2v) is 7.50. The average Bonchev–Trinajstić information content (AvgIpc) is 3.16. The number of benzene rings is 2. The fraction of sp³-hybridized carbons (Fsp3) is 0. The highest BCUT2D eigenvalue weighted by atomic mass is 35.5.